The summed E-state index contributed by atoms with van der Waals surface area (Å²) in [7, 11) is 0. The van der Waals surface area contributed by atoms with E-state index in [9.17, 15) is 9.59 Å². The molecule has 0 bridgehead atoms. The molecule has 17 heavy (non-hydrogen) atoms. The Labute approximate surface area is 99.6 Å². The van der Waals surface area contributed by atoms with Crippen LogP contribution in [-0.2, 0) is 4.79 Å². The van der Waals surface area contributed by atoms with E-state index in [1.54, 1.807) is 0 Å². The Hall–Kier alpha value is -1.85. The van der Waals surface area contributed by atoms with E-state index in [1.165, 1.54) is 23.9 Å². The van der Waals surface area contributed by atoms with E-state index in [0.29, 0.717) is 0 Å². The van der Waals surface area contributed by atoms with Gasteiger partial charge in [-0.2, -0.15) is 5.10 Å². The summed E-state index contributed by atoms with van der Waals surface area (Å²) in [4.78, 5) is 22.4. The molecule has 1 heterocycles. The maximum Gasteiger partial charge on any atom is 0.328 e. The number of nitrogens with zero attached hydrogens (tertiary/aromatic N) is 2. The van der Waals surface area contributed by atoms with Crippen LogP contribution in [0.1, 0.15) is 43.7 Å². The van der Waals surface area contributed by atoms with Gasteiger partial charge in [0.25, 0.3) is 5.91 Å². The average molecular weight is 239 g/mol. The summed E-state index contributed by atoms with van der Waals surface area (Å²) >= 11 is 0. The van der Waals surface area contributed by atoms with Crippen LogP contribution in [0, 0.1) is 0 Å². The Morgan fingerprint density at radius 2 is 2.18 bits per heavy atom. The minimum atomic E-state index is -0.984. The highest BCUT2D eigenvalue weighted by Gasteiger charge is 2.17. The molecule has 1 rings (SSSR count). The van der Waals surface area contributed by atoms with Gasteiger partial charge in [0.2, 0.25) is 0 Å². The number of carboxylic acid groups (broad SMARTS) is 1. The average Bonchev–Trinajstić information content (AvgIpc) is 2.76. The molecule has 2 atom stereocenters. The molecule has 2 unspecified atom stereocenters. The lowest BCUT2D eigenvalue weighted by Gasteiger charge is -2.09. The van der Waals surface area contributed by atoms with Crippen LogP contribution in [0.15, 0.2) is 12.3 Å². The molecule has 0 aliphatic rings. The van der Waals surface area contributed by atoms with E-state index in [1.807, 2.05) is 13.8 Å². The second kappa shape index (κ2) is 5.47. The molecule has 94 valence electrons. The quantitative estimate of drug-likeness (QED) is 0.804. The van der Waals surface area contributed by atoms with Crippen LogP contribution in [0.5, 0.6) is 0 Å². The number of aliphatic carboxylic acids is 1. The molecule has 2 N–H and O–H groups in total. The first kappa shape index (κ1) is 13.2. The SMILES string of the molecule is CCC(C)NC(=O)c1ccn(C(C)C(=O)O)n1. The summed E-state index contributed by atoms with van der Waals surface area (Å²) in [6.07, 6.45) is 2.32. The molecule has 0 fully saturated rings. The minimum absolute atomic E-state index is 0.0737. The van der Waals surface area contributed by atoms with Crippen molar-refractivity contribution in [2.45, 2.75) is 39.3 Å². The van der Waals surface area contributed by atoms with Gasteiger partial charge in [-0.1, -0.05) is 6.92 Å². The number of hydrogen-bond donors (Lipinski definition) is 2. The number of carboxylic acids is 1. The second-order valence-corrected chi connectivity index (χ2v) is 3.98. The number of hydrogen-bond acceptors (Lipinski definition) is 3. The van der Waals surface area contributed by atoms with E-state index in [4.69, 9.17) is 5.11 Å². The standard InChI is InChI=1S/C11H17N3O3/c1-4-7(2)12-10(15)9-5-6-14(13-9)8(3)11(16)17/h5-8H,4H2,1-3H3,(H,12,15)(H,16,17). The molecule has 1 amide bonds. The van der Waals surface area contributed by atoms with Crippen molar-refractivity contribution >= 4 is 11.9 Å². The fourth-order valence-corrected chi connectivity index (χ4v) is 1.19. The van der Waals surface area contributed by atoms with Crippen LogP contribution in [-0.4, -0.2) is 32.8 Å². The molecular weight excluding hydrogens is 222 g/mol. The summed E-state index contributed by atoms with van der Waals surface area (Å²) in [6, 6.07) is 0.807. The van der Waals surface area contributed by atoms with E-state index in [-0.39, 0.29) is 17.6 Å². The molecule has 0 spiro atoms. The van der Waals surface area contributed by atoms with Crippen molar-refractivity contribution in [3.05, 3.63) is 18.0 Å². The normalized spacial score (nSPS) is 14.1. The number of carbonyl (C=O) groups excluding carboxylic acids is 1. The van der Waals surface area contributed by atoms with Gasteiger partial charge in [0, 0.05) is 12.2 Å². The monoisotopic (exact) mass is 239 g/mol. The molecular formula is C11H17N3O3. The Morgan fingerprint density at radius 1 is 1.53 bits per heavy atom. The zero-order valence-corrected chi connectivity index (χ0v) is 10.2. The van der Waals surface area contributed by atoms with Gasteiger partial charge in [0.15, 0.2) is 0 Å². The lowest BCUT2D eigenvalue weighted by Crippen LogP contribution is -2.32. The van der Waals surface area contributed by atoms with Gasteiger partial charge < -0.3 is 10.4 Å². The fraction of sp³-hybridized carbons (Fsp3) is 0.545. The van der Waals surface area contributed by atoms with Gasteiger partial charge in [-0.3, -0.25) is 9.48 Å². The molecule has 0 aliphatic carbocycles. The van der Waals surface area contributed by atoms with Gasteiger partial charge in [-0.25, -0.2) is 4.79 Å². The zero-order chi connectivity index (χ0) is 13.0. The first-order chi connectivity index (χ1) is 7.95. The Kier molecular flexibility index (Phi) is 4.25. The number of nitrogens with one attached hydrogen (secondary N) is 1. The highest BCUT2D eigenvalue weighted by molar-refractivity contribution is 5.92. The second-order valence-electron chi connectivity index (χ2n) is 3.98. The van der Waals surface area contributed by atoms with Crippen molar-refractivity contribution in [1.29, 1.82) is 0 Å². The highest BCUT2D eigenvalue weighted by Crippen LogP contribution is 2.06. The van der Waals surface area contributed by atoms with Crippen LogP contribution in [0.3, 0.4) is 0 Å². The predicted molar refractivity (Wildman–Crippen MR) is 61.8 cm³/mol. The molecule has 1 aromatic heterocycles. The summed E-state index contributed by atoms with van der Waals surface area (Å²) in [5.41, 5.74) is 0.235. The minimum Gasteiger partial charge on any atom is -0.480 e. The van der Waals surface area contributed by atoms with Gasteiger partial charge in [-0.05, 0) is 26.3 Å². The van der Waals surface area contributed by atoms with E-state index in [0.717, 1.165) is 6.42 Å². The Bertz CT molecular complexity index is 414. The molecule has 0 saturated carbocycles. The summed E-state index contributed by atoms with van der Waals surface area (Å²) in [6.45, 7) is 5.37. The van der Waals surface area contributed by atoms with Crippen molar-refractivity contribution in [2.75, 3.05) is 0 Å². The molecule has 0 radical (unpaired) electrons. The fourth-order valence-electron chi connectivity index (χ4n) is 1.19. The number of carbonyl (C=O) groups is 2. The van der Waals surface area contributed by atoms with E-state index >= 15 is 0 Å². The first-order valence-electron chi connectivity index (χ1n) is 5.54. The highest BCUT2D eigenvalue weighted by atomic mass is 16.4. The number of aromatic nitrogens is 2. The van der Waals surface area contributed by atoms with Crippen LogP contribution in [0.2, 0.25) is 0 Å². The number of rotatable bonds is 5. The van der Waals surface area contributed by atoms with Gasteiger partial charge in [-0.15, -0.1) is 0 Å². The molecule has 0 aliphatic heterocycles. The smallest absolute Gasteiger partial charge is 0.328 e. The zero-order valence-electron chi connectivity index (χ0n) is 10.2. The third-order valence-electron chi connectivity index (χ3n) is 2.59. The topological polar surface area (TPSA) is 84.2 Å². The predicted octanol–water partition coefficient (Wildman–Crippen LogP) is 1.06. The molecule has 1 aromatic rings. The van der Waals surface area contributed by atoms with E-state index < -0.39 is 12.0 Å². The van der Waals surface area contributed by atoms with E-state index in [2.05, 4.69) is 10.4 Å². The summed E-state index contributed by atoms with van der Waals surface area (Å²) < 4.78 is 1.26. The first-order valence-corrected chi connectivity index (χ1v) is 5.54. The third-order valence-corrected chi connectivity index (χ3v) is 2.59. The summed E-state index contributed by atoms with van der Waals surface area (Å²) in [5, 5.41) is 15.5. The van der Waals surface area contributed by atoms with Gasteiger partial charge in [0.1, 0.15) is 11.7 Å². The molecule has 6 heteroatoms. The lowest BCUT2D eigenvalue weighted by molar-refractivity contribution is -0.140. The Balaban J connectivity index is 2.74. The van der Waals surface area contributed by atoms with Crippen molar-refractivity contribution in [3.63, 3.8) is 0 Å². The van der Waals surface area contributed by atoms with Crippen molar-refractivity contribution in [3.8, 4) is 0 Å². The largest absolute Gasteiger partial charge is 0.480 e. The van der Waals surface area contributed by atoms with Crippen molar-refractivity contribution in [1.82, 2.24) is 15.1 Å². The maximum absolute atomic E-state index is 11.7. The van der Waals surface area contributed by atoms with Crippen molar-refractivity contribution in [2.24, 2.45) is 0 Å². The molecule has 6 nitrogen and oxygen atoms in total. The third kappa shape index (κ3) is 3.30. The Morgan fingerprint density at radius 3 is 2.71 bits per heavy atom. The van der Waals surface area contributed by atoms with Crippen LogP contribution in [0.4, 0.5) is 0 Å². The summed E-state index contributed by atoms with van der Waals surface area (Å²) in [5.74, 6) is -1.27. The number of amides is 1. The van der Waals surface area contributed by atoms with Gasteiger partial charge >= 0.3 is 5.97 Å². The molecule has 0 saturated heterocycles. The van der Waals surface area contributed by atoms with Crippen LogP contribution >= 0.6 is 0 Å². The maximum atomic E-state index is 11.7. The molecule has 0 aromatic carbocycles. The van der Waals surface area contributed by atoms with Crippen LogP contribution in [0.25, 0.3) is 0 Å². The van der Waals surface area contributed by atoms with Crippen molar-refractivity contribution < 1.29 is 14.7 Å². The van der Waals surface area contributed by atoms with Gasteiger partial charge in [0.05, 0.1) is 0 Å². The van der Waals surface area contributed by atoms with Crippen LogP contribution < -0.4 is 5.32 Å². The lowest BCUT2D eigenvalue weighted by atomic mass is 10.2.